The van der Waals surface area contributed by atoms with E-state index in [1.807, 2.05) is 18.2 Å². The van der Waals surface area contributed by atoms with E-state index in [2.05, 4.69) is 53.4 Å². The van der Waals surface area contributed by atoms with Crippen LogP contribution < -0.4 is 9.47 Å². The Morgan fingerprint density at radius 1 is 1.10 bits per heavy atom. The summed E-state index contributed by atoms with van der Waals surface area (Å²) in [6.45, 7) is 4.65. The lowest BCUT2D eigenvalue weighted by atomic mass is 9.98. The molecule has 1 aliphatic heterocycles. The molecule has 1 atom stereocenters. The number of aliphatic carboxylic acids is 1. The number of aryl methyl sites for hydroxylation is 1. The minimum atomic E-state index is -2.87. The van der Waals surface area contributed by atoms with Crippen LogP contribution in [0.1, 0.15) is 48.8 Å². The van der Waals surface area contributed by atoms with Crippen molar-refractivity contribution in [3.63, 3.8) is 0 Å². The predicted octanol–water partition coefficient (Wildman–Crippen LogP) is 6.64. The first kappa shape index (κ1) is 29.6. The average Bonchev–Trinajstić information content (AvgIpc) is 3.38. The molecule has 5 rings (SSSR count). The second-order valence-corrected chi connectivity index (χ2v) is 13.8. The zero-order valence-corrected chi connectivity index (χ0v) is 25.3. The fourth-order valence-corrected chi connectivity index (χ4v) is 7.69. The van der Waals surface area contributed by atoms with Crippen molar-refractivity contribution in [3.8, 4) is 34.6 Å². The molecular formula is C33H33NO6S2. The Hall–Kier alpha value is -3.87. The van der Waals surface area contributed by atoms with Gasteiger partial charge in [0.2, 0.25) is 5.88 Å². The van der Waals surface area contributed by atoms with Crippen molar-refractivity contribution in [2.24, 2.45) is 5.92 Å². The summed E-state index contributed by atoms with van der Waals surface area (Å²) in [7, 11) is -2.87. The van der Waals surface area contributed by atoms with E-state index in [0.29, 0.717) is 31.9 Å². The number of carboxylic acids is 1. The van der Waals surface area contributed by atoms with Gasteiger partial charge >= 0.3 is 5.97 Å². The van der Waals surface area contributed by atoms with Crippen molar-refractivity contribution in [2.75, 3.05) is 18.1 Å². The van der Waals surface area contributed by atoms with Crippen LogP contribution in [0.5, 0.6) is 11.6 Å². The zero-order chi connectivity index (χ0) is 29.7. The maximum absolute atomic E-state index is 11.7. The number of benzene rings is 2. The third-order valence-corrected chi connectivity index (χ3v) is 10.2. The highest BCUT2D eigenvalue weighted by Crippen LogP contribution is 2.37. The van der Waals surface area contributed by atoms with Gasteiger partial charge in [0.25, 0.3) is 0 Å². The number of pyridine rings is 1. The van der Waals surface area contributed by atoms with Gasteiger partial charge in [0.15, 0.2) is 0 Å². The molecule has 218 valence electrons. The van der Waals surface area contributed by atoms with Crippen molar-refractivity contribution in [1.82, 2.24) is 4.98 Å². The number of hydrogen-bond acceptors (Lipinski definition) is 7. The monoisotopic (exact) mass is 603 g/mol. The summed E-state index contributed by atoms with van der Waals surface area (Å²) in [4.78, 5) is 15.5. The molecule has 3 heterocycles. The smallest absolute Gasteiger partial charge is 0.304 e. The zero-order valence-electron chi connectivity index (χ0n) is 23.6. The standard InChI is InChI=1S/C33H33NO6S2/c1-3-4-25(17-33(35)36)26-6-10-32(34-18-26)40-20-24-5-9-31-29(16-24)30(21-41-31)28-8-7-27(15-22(28)2)39-19-23-11-13-42(37,38)14-12-23/h5-10,15-16,18,21,23,25H,11-14,17,19-20H2,1-2H3,(H,35,36)/t25-/m0/s1. The maximum Gasteiger partial charge on any atom is 0.304 e. The SMILES string of the molecule is CC#C[C@@H](CC(=O)O)c1ccc(OCc2ccc3scc(-c4ccc(OCC5CCS(=O)(=O)CC5)cc4C)c3c2)nc1. The lowest BCUT2D eigenvalue weighted by Gasteiger charge is -2.22. The molecule has 1 saturated heterocycles. The lowest BCUT2D eigenvalue weighted by Crippen LogP contribution is -2.26. The van der Waals surface area contributed by atoms with E-state index in [4.69, 9.17) is 14.6 Å². The highest BCUT2D eigenvalue weighted by molar-refractivity contribution is 7.91. The predicted molar refractivity (Wildman–Crippen MR) is 166 cm³/mol. The average molecular weight is 604 g/mol. The van der Waals surface area contributed by atoms with Gasteiger partial charge in [0.05, 0.1) is 30.5 Å². The Bertz CT molecular complexity index is 1730. The third-order valence-electron chi connectivity index (χ3n) is 7.53. The first-order valence-corrected chi connectivity index (χ1v) is 16.6. The lowest BCUT2D eigenvalue weighted by molar-refractivity contribution is -0.137. The number of carbonyl (C=O) groups is 1. The van der Waals surface area contributed by atoms with Crippen molar-refractivity contribution in [1.29, 1.82) is 0 Å². The molecule has 4 aromatic rings. The number of hydrogen-bond donors (Lipinski definition) is 1. The summed E-state index contributed by atoms with van der Waals surface area (Å²) in [6.07, 6.45) is 2.88. The van der Waals surface area contributed by atoms with E-state index in [1.165, 1.54) is 4.70 Å². The van der Waals surface area contributed by atoms with Crippen molar-refractivity contribution in [2.45, 2.75) is 45.6 Å². The largest absolute Gasteiger partial charge is 0.493 e. The number of fused-ring (bicyclic) bond motifs is 1. The maximum atomic E-state index is 11.7. The van der Waals surface area contributed by atoms with E-state index in [9.17, 15) is 13.2 Å². The number of rotatable bonds is 10. The summed E-state index contributed by atoms with van der Waals surface area (Å²) in [5.41, 5.74) is 5.17. The fraction of sp³-hybridized carbons (Fsp3) is 0.333. The molecule has 9 heteroatoms. The molecular weight excluding hydrogens is 570 g/mol. The van der Waals surface area contributed by atoms with Crippen LogP contribution in [0.4, 0.5) is 0 Å². The first-order chi connectivity index (χ1) is 20.2. The van der Waals surface area contributed by atoms with E-state index in [1.54, 1.807) is 30.5 Å². The van der Waals surface area contributed by atoms with Crippen LogP contribution in [-0.2, 0) is 21.2 Å². The van der Waals surface area contributed by atoms with Crippen LogP contribution in [0.15, 0.2) is 60.1 Å². The molecule has 2 aromatic heterocycles. The molecule has 0 unspecified atom stereocenters. The number of carboxylic acid groups (broad SMARTS) is 1. The van der Waals surface area contributed by atoms with Gasteiger partial charge in [-0.1, -0.05) is 24.1 Å². The molecule has 42 heavy (non-hydrogen) atoms. The van der Waals surface area contributed by atoms with Crippen LogP contribution >= 0.6 is 11.3 Å². The number of sulfone groups is 1. The molecule has 1 N–H and O–H groups in total. The van der Waals surface area contributed by atoms with Crippen LogP contribution in [0.25, 0.3) is 21.2 Å². The van der Waals surface area contributed by atoms with Crippen molar-refractivity contribution >= 4 is 37.2 Å². The Labute approximate surface area is 250 Å². The summed E-state index contributed by atoms with van der Waals surface area (Å²) in [5, 5.41) is 12.5. The molecule has 0 aliphatic carbocycles. The summed E-state index contributed by atoms with van der Waals surface area (Å²) in [6, 6.07) is 16.0. The Balaban J connectivity index is 1.25. The highest BCUT2D eigenvalue weighted by atomic mass is 32.2. The molecule has 7 nitrogen and oxygen atoms in total. The molecule has 0 radical (unpaired) electrons. The molecule has 0 saturated carbocycles. The summed E-state index contributed by atoms with van der Waals surface area (Å²) < 4.78 is 36.6. The van der Waals surface area contributed by atoms with Gasteiger partial charge in [-0.05, 0) is 84.5 Å². The molecule has 1 aliphatic rings. The van der Waals surface area contributed by atoms with Gasteiger partial charge in [-0.15, -0.1) is 17.3 Å². The highest BCUT2D eigenvalue weighted by Gasteiger charge is 2.24. The third kappa shape index (κ3) is 7.30. The first-order valence-electron chi connectivity index (χ1n) is 13.9. The second-order valence-electron chi connectivity index (χ2n) is 10.6. The minimum Gasteiger partial charge on any atom is -0.493 e. The molecule has 2 aromatic carbocycles. The quantitative estimate of drug-likeness (QED) is 0.203. The topological polar surface area (TPSA) is 103 Å². The number of aromatic nitrogens is 1. The van der Waals surface area contributed by atoms with Gasteiger partial charge in [-0.2, -0.15) is 0 Å². The summed E-state index contributed by atoms with van der Waals surface area (Å²) >= 11 is 1.70. The van der Waals surface area contributed by atoms with Gasteiger partial charge in [0.1, 0.15) is 22.2 Å². The normalized spacial score (nSPS) is 15.5. The van der Waals surface area contributed by atoms with E-state index in [-0.39, 0.29) is 23.8 Å². The van der Waals surface area contributed by atoms with Gasteiger partial charge < -0.3 is 14.6 Å². The Morgan fingerprint density at radius 2 is 1.90 bits per heavy atom. The fourth-order valence-electron chi connectivity index (χ4n) is 5.16. The van der Waals surface area contributed by atoms with Gasteiger partial charge in [0, 0.05) is 27.9 Å². The van der Waals surface area contributed by atoms with E-state index >= 15 is 0 Å². The Kier molecular flexibility index (Phi) is 9.15. The minimum absolute atomic E-state index is 0.0738. The van der Waals surface area contributed by atoms with E-state index in [0.717, 1.165) is 39.0 Å². The molecule has 1 fully saturated rings. The molecule has 0 bridgehead atoms. The van der Waals surface area contributed by atoms with Gasteiger partial charge in [-0.3, -0.25) is 4.79 Å². The van der Waals surface area contributed by atoms with Crippen LogP contribution in [0.2, 0.25) is 0 Å². The van der Waals surface area contributed by atoms with Crippen LogP contribution in [0.3, 0.4) is 0 Å². The number of thiophene rings is 1. The second kappa shape index (κ2) is 13.0. The van der Waals surface area contributed by atoms with Crippen molar-refractivity contribution in [3.05, 3.63) is 76.8 Å². The van der Waals surface area contributed by atoms with Crippen LogP contribution in [-0.4, -0.2) is 42.6 Å². The van der Waals surface area contributed by atoms with Crippen LogP contribution in [0, 0.1) is 24.7 Å². The van der Waals surface area contributed by atoms with Crippen molar-refractivity contribution < 1.29 is 27.8 Å². The number of ether oxygens (including phenoxy) is 2. The van der Waals surface area contributed by atoms with E-state index < -0.39 is 21.7 Å². The Morgan fingerprint density at radius 3 is 2.60 bits per heavy atom. The summed E-state index contributed by atoms with van der Waals surface area (Å²) in [5.74, 6) is 6.46. The molecule has 0 spiro atoms. The number of nitrogens with zero attached hydrogens (tertiary/aromatic N) is 1. The van der Waals surface area contributed by atoms with Gasteiger partial charge in [-0.25, -0.2) is 13.4 Å². The molecule has 0 amide bonds.